The highest BCUT2D eigenvalue weighted by atomic mass is 16.5. The van der Waals surface area contributed by atoms with Gasteiger partial charge in [-0.1, -0.05) is 0 Å². The molecular weight excluding hydrogens is 212 g/mol. The fourth-order valence-electron chi connectivity index (χ4n) is 1.01. The lowest BCUT2D eigenvalue weighted by molar-refractivity contribution is -0.146. The Hall–Kier alpha value is -1.89. The number of hydrogen-bond donors (Lipinski definition) is 3. The van der Waals surface area contributed by atoms with Crippen molar-refractivity contribution in [2.45, 2.75) is 19.9 Å². The number of H-pyrrole nitrogens is 1. The van der Waals surface area contributed by atoms with Crippen molar-refractivity contribution in [1.29, 1.82) is 0 Å². The lowest BCUT2D eigenvalue weighted by atomic mass is 10.3. The number of nitrogens with one attached hydrogen (secondary N) is 2. The molecule has 0 bridgehead atoms. The second-order valence-electron chi connectivity index (χ2n) is 3.15. The van der Waals surface area contributed by atoms with Crippen LogP contribution < -0.4 is 11.1 Å². The van der Waals surface area contributed by atoms with Gasteiger partial charge in [0, 0.05) is 5.56 Å². The van der Waals surface area contributed by atoms with Crippen LogP contribution in [0.3, 0.4) is 0 Å². The molecule has 1 amide bonds. The molecule has 7 heteroatoms. The highest BCUT2D eigenvalue weighted by Crippen LogP contribution is 2.08. The van der Waals surface area contributed by atoms with Gasteiger partial charge in [-0.15, -0.1) is 0 Å². The average molecular weight is 226 g/mol. The number of nitrogens with two attached hydrogens (primary N) is 1. The van der Waals surface area contributed by atoms with Gasteiger partial charge >= 0.3 is 5.97 Å². The molecule has 1 unspecified atom stereocenters. The molecule has 1 aromatic heterocycles. The first-order valence-corrected chi connectivity index (χ1v) is 4.79. The summed E-state index contributed by atoms with van der Waals surface area (Å²) in [7, 11) is 0. The maximum absolute atomic E-state index is 11.5. The first-order chi connectivity index (χ1) is 7.56. The summed E-state index contributed by atoms with van der Waals surface area (Å²) in [5.41, 5.74) is 6.15. The summed E-state index contributed by atoms with van der Waals surface area (Å²) < 4.78 is 4.62. The van der Waals surface area contributed by atoms with Crippen LogP contribution >= 0.6 is 0 Å². The van der Waals surface area contributed by atoms with Gasteiger partial charge in [-0.25, -0.2) is 4.79 Å². The molecule has 1 heterocycles. The fourth-order valence-corrected chi connectivity index (χ4v) is 1.01. The predicted octanol–water partition coefficient (Wildman–Crippen LogP) is -0.453. The SMILES string of the molecule is CCOC(=O)C(N)C(=O)Nc1[nH]ncc1C. The molecule has 0 aliphatic carbocycles. The number of rotatable bonds is 4. The standard InChI is InChI=1S/C9H14N4O3/c1-3-16-9(15)6(10)8(14)12-7-5(2)4-11-13-7/h4,6H,3,10H2,1-2H3,(H2,11,12,13,14). The molecule has 7 nitrogen and oxygen atoms in total. The summed E-state index contributed by atoms with van der Waals surface area (Å²) in [4.78, 5) is 22.7. The van der Waals surface area contributed by atoms with Gasteiger partial charge in [0.1, 0.15) is 5.82 Å². The molecule has 0 radical (unpaired) electrons. The van der Waals surface area contributed by atoms with Crippen molar-refractivity contribution in [2.24, 2.45) is 5.73 Å². The van der Waals surface area contributed by atoms with E-state index in [1.165, 1.54) is 0 Å². The van der Waals surface area contributed by atoms with Crippen molar-refractivity contribution in [3.8, 4) is 0 Å². The van der Waals surface area contributed by atoms with Crippen molar-refractivity contribution in [3.63, 3.8) is 0 Å². The summed E-state index contributed by atoms with van der Waals surface area (Å²) in [6, 6.07) is -1.33. The molecule has 0 fully saturated rings. The van der Waals surface area contributed by atoms with Crippen LogP contribution in [-0.4, -0.2) is 34.7 Å². The Kier molecular flexibility index (Phi) is 4.01. The Labute approximate surface area is 92.3 Å². The lowest BCUT2D eigenvalue weighted by Gasteiger charge is -2.10. The number of esters is 1. The van der Waals surface area contributed by atoms with Gasteiger partial charge in [-0.3, -0.25) is 9.89 Å². The minimum Gasteiger partial charge on any atom is -0.464 e. The van der Waals surface area contributed by atoms with Gasteiger partial charge in [0.05, 0.1) is 12.8 Å². The third-order valence-corrected chi connectivity index (χ3v) is 1.90. The number of carbonyl (C=O) groups excluding carboxylic acids is 2. The Morgan fingerprint density at radius 3 is 2.88 bits per heavy atom. The van der Waals surface area contributed by atoms with Crippen LogP contribution in [0.4, 0.5) is 5.82 Å². The molecule has 0 spiro atoms. The molecule has 4 N–H and O–H groups in total. The zero-order valence-corrected chi connectivity index (χ0v) is 9.11. The van der Waals surface area contributed by atoms with Crippen LogP contribution in [0.15, 0.2) is 6.20 Å². The van der Waals surface area contributed by atoms with Gasteiger partial charge in [0.15, 0.2) is 6.04 Å². The normalized spacial score (nSPS) is 11.9. The second kappa shape index (κ2) is 5.26. The summed E-state index contributed by atoms with van der Waals surface area (Å²) in [5, 5.41) is 8.74. The lowest BCUT2D eigenvalue weighted by Crippen LogP contribution is -2.43. The molecule has 1 atom stereocenters. The number of nitrogens with zero attached hydrogens (tertiary/aromatic N) is 1. The highest BCUT2D eigenvalue weighted by Gasteiger charge is 2.24. The maximum Gasteiger partial charge on any atom is 0.332 e. The van der Waals surface area contributed by atoms with Crippen LogP contribution in [0.5, 0.6) is 0 Å². The van der Waals surface area contributed by atoms with Crippen LogP contribution in [0, 0.1) is 6.92 Å². The van der Waals surface area contributed by atoms with E-state index in [0.717, 1.165) is 5.56 Å². The molecule has 0 aliphatic heterocycles. The van der Waals surface area contributed by atoms with Crippen molar-refractivity contribution in [2.75, 3.05) is 11.9 Å². The molecule has 0 aliphatic rings. The maximum atomic E-state index is 11.5. The molecular formula is C9H14N4O3. The van der Waals surface area contributed by atoms with Crippen LogP contribution in [0.25, 0.3) is 0 Å². The predicted molar refractivity (Wildman–Crippen MR) is 56.6 cm³/mol. The minimum atomic E-state index is -1.33. The van der Waals surface area contributed by atoms with Gasteiger partial charge < -0.3 is 15.8 Å². The van der Waals surface area contributed by atoms with Gasteiger partial charge in [0.25, 0.3) is 5.91 Å². The zero-order chi connectivity index (χ0) is 12.1. The quantitative estimate of drug-likeness (QED) is 0.475. The molecule has 0 saturated heterocycles. The average Bonchev–Trinajstić information content (AvgIpc) is 2.63. The van der Waals surface area contributed by atoms with Crippen molar-refractivity contribution < 1.29 is 14.3 Å². The molecule has 0 saturated carbocycles. The minimum absolute atomic E-state index is 0.183. The van der Waals surface area contributed by atoms with E-state index in [0.29, 0.717) is 5.82 Å². The van der Waals surface area contributed by atoms with Crippen molar-refractivity contribution in [1.82, 2.24) is 10.2 Å². The number of ether oxygens (including phenoxy) is 1. The van der Waals surface area contributed by atoms with E-state index in [1.807, 2.05) is 0 Å². The van der Waals surface area contributed by atoms with Gasteiger partial charge in [-0.2, -0.15) is 5.10 Å². The number of hydrogen-bond acceptors (Lipinski definition) is 5. The fraction of sp³-hybridized carbons (Fsp3) is 0.444. The van der Waals surface area contributed by atoms with Crippen LogP contribution in [0.1, 0.15) is 12.5 Å². The van der Waals surface area contributed by atoms with E-state index in [-0.39, 0.29) is 6.61 Å². The highest BCUT2D eigenvalue weighted by molar-refractivity contribution is 6.07. The smallest absolute Gasteiger partial charge is 0.332 e. The number of aromatic amines is 1. The summed E-state index contributed by atoms with van der Waals surface area (Å²) in [6.07, 6.45) is 1.55. The number of carbonyl (C=O) groups is 2. The molecule has 1 aromatic rings. The van der Waals surface area contributed by atoms with E-state index in [1.54, 1.807) is 20.0 Å². The first-order valence-electron chi connectivity index (χ1n) is 4.79. The number of amides is 1. The summed E-state index contributed by atoms with van der Waals surface area (Å²) >= 11 is 0. The first kappa shape index (κ1) is 12.2. The third-order valence-electron chi connectivity index (χ3n) is 1.90. The Morgan fingerprint density at radius 2 is 2.38 bits per heavy atom. The largest absolute Gasteiger partial charge is 0.464 e. The molecule has 0 aromatic carbocycles. The van der Waals surface area contributed by atoms with Gasteiger partial charge in [-0.05, 0) is 13.8 Å². The zero-order valence-electron chi connectivity index (χ0n) is 9.11. The van der Waals surface area contributed by atoms with E-state index < -0.39 is 17.9 Å². The third kappa shape index (κ3) is 2.80. The Balaban J connectivity index is 2.59. The van der Waals surface area contributed by atoms with E-state index in [2.05, 4.69) is 20.3 Å². The van der Waals surface area contributed by atoms with E-state index >= 15 is 0 Å². The number of aromatic nitrogens is 2. The van der Waals surface area contributed by atoms with Crippen LogP contribution in [0.2, 0.25) is 0 Å². The summed E-state index contributed by atoms with van der Waals surface area (Å²) in [6.45, 7) is 3.58. The monoisotopic (exact) mass is 226 g/mol. The molecule has 88 valence electrons. The Bertz CT molecular complexity index is 388. The van der Waals surface area contributed by atoms with E-state index in [4.69, 9.17) is 5.73 Å². The number of aryl methyl sites for hydroxylation is 1. The summed E-state index contributed by atoms with van der Waals surface area (Å²) in [5.74, 6) is -0.965. The van der Waals surface area contributed by atoms with Crippen molar-refractivity contribution in [3.05, 3.63) is 11.8 Å². The topological polar surface area (TPSA) is 110 Å². The number of anilines is 1. The Morgan fingerprint density at radius 1 is 1.69 bits per heavy atom. The molecule has 16 heavy (non-hydrogen) atoms. The molecule has 1 rings (SSSR count). The van der Waals surface area contributed by atoms with Gasteiger partial charge in [0.2, 0.25) is 0 Å². The van der Waals surface area contributed by atoms with Crippen molar-refractivity contribution >= 4 is 17.7 Å². The van der Waals surface area contributed by atoms with E-state index in [9.17, 15) is 9.59 Å². The second-order valence-corrected chi connectivity index (χ2v) is 3.15. The van der Waals surface area contributed by atoms with Crippen LogP contribution in [-0.2, 0) is 14.3 Å².